The van der Waals surface area contributed by atoms with Crippen molar-refractivity contribution < 1.29 is 0 Å². The SMILES string of the molecule is Brc1ccc2c3c(cccc13)C(c1ccccc1)(c1ccccc1)c1ccccc1-2. The molecule has 5 aromatic carbocycles. The Morgan fingerprint density at radius 3 is 1.77 bits per heavy atom. The minimum absolute atomic E-state index is 0.369. The summed E-state index contributed by atoms with van der Waals surface area (Å²) in [5.74, 6) is 0. The lowest BCUT2D eigenvalue weighted by Crippen LogP contribution is -2.33. The fraction of sp³-hybridized carbons (Fsp3) is 0.0345. The highest BCUT2D eigenvalue weighted by Crippen LogP contribution is 2.55. The number of hydrogen-bond donors (Lipinski definition) is 0. The van der Waals surface area contributed by atoms with Crippen LogP contribution in [0.4, 0.5) is 0 Å². The van der Waals surface area contributed by atoms with Gasteiger partial charge in [-0.15, -0.1) is 0 Å². The van der Waals surface area contributed by atoms with Crippen LogP contribution in [0.1, 0.15) is 22.3 Å². The average Bonchev–Trinajstić information content (AvgIpc) is 2.82. The van der Waals surface area contributed by atoms with E-state index in [-0.39, 0.29) is 5.41 Å². The monoisotopic (exact) mass is 446 g/mol. The van der Waals surface area contributed by atoms with Gasteiger partial charge < -0.3 is 0 Å². The Morgan fingerprint density at radius 1 is 0.467 bits per heavy atom. The summed E-state index contributed by atoms with van der Waals surface area (Å²) < 4.78 is 1.14. The van der Waals surface area contributed by atoms with E-state index in [1.54, 1.807) is 0 Å². The molecule has 0 atom stereocenters. The molecule has 0 saturated carbocycles. The molecule has 1 heteroatoms. The van der Waals surface area contributed by atoms with Crippen molar-refractivity contribution in [2.75, 3.05) is 0 Å². The lowest BCUT2D eigenvalue weighted by Gasteiger charge is -2.42. The van der Waals surface area contributed by atoms with Crippen LogP contribution < -0.4 is 0 Å². The molecule has 30 heavy (non-hydrogen) atoms. The van der Waals surface area contributed by atoms with E-state index in [1.165, 1.54) is 44.2 Å². The standard InChI is InChI=1S/C29H19Br/c30-27-19-18-23-22-14-7-8-16-25(22)29(20-10-3-1-4-11-20,21-12-5-2-6-13-21)26-17-9-15-24(27)28(23)26/h1-19H. The zero-order chi connectivity index (χ0) is 20.1. The second-order valence-electron chi connectivity index (χ2n) is 7.85. The van der Waals surface area contributed by atoms with Crippen molar-refractivity contribution in [2.45, 2.75) is 5.41 Å². The first kappa shape index (κ1) is 17.7. The predicted molar refractivity (Wildman–Crippen MR) is 129 cm³/mol. The molecule has 0 heterocycles. The van der Waals surface area contributed by atoms with E-state index < -0.39 is 0 Å². The molecule has 1 aliphatic carbocycles. The highest BCUT2D eigenvalue weighted by atomic mass is 79.9. The van der Waals surface area contributed by atoms with Crippen molar-refractivity contribution in [3.05, 3.63) is 142 Å². The number of rotatable bonds is 2. The van der Waals surface area contributed by atoms with E-state index in [1.807, 2.05) is 0 Å². The fourth-order valence-corrected chi connectivity index (χ4v) is 5.73. The molecular weight excluding hydrogens is 428 g/mol. The third kappa shape index (κ3) is 2.27. The van der Waals surface area contributed by atoms with Crippen molar-refractivity contribution in [2.24, 2.45) is 0 Å². The molecule has 0 spiro atoms. The Labute approximate surface area is 185 Å². The Hall–Kier alpha value is -3.16. The normalized spacial score (nSPS) is 13.8. The van der Waals surface area contributed by atoms with Crippen LogP contribution in [0.15, 0.2) is 120 Å². The van der Waals surface area contributed by atoms with Crippen molar-refractivity contribution in [3.63, 3.8) is 0 Å². The predicted octanol–water partition coefficient (Wildman–Crippen LogP) is 7.97. The first-order chi connectivity index (χ1) is 14.8. The molecule has 0 aliphatic heterocycles. The van der Waals surface area contributed by atoms with E-state index >= 15 is 0 Å². The fourth-order valence-electron chi connectivity index (χ4n) is 5.26. The second-order valence-corrected chi connectivity index (χ2v) is 8.71. The third-order valence-electron chi connectivity index (χ3n) is 6.43. The summed E-state index contributed by atoms with van der Waals surface area (Å²) in [6, 6.07) is 42.0. The molecular formula is C29H19Br. The van der Waals surface area contributed by atoms with Crippen LogP contribution in [0.25, 0.3) is 21.9 Å². The van der Waals surface area contributed by atoms with Gasteiger partial charge in [-0.1, -0.05) is 125 Å². The quantitative estimate of drug-likeness (QED) is 0.253. The molecule has 5 aromatic rings. The summed E-state index contributed by atoms with van der Waals surface area (Å²) in [4.78, 5) is 0. The highest BCUT2D eigenvalue weighted by Gasteiger charge is 2.43. The molecule has 0 radical (unpaired) electrons. The summed E-state index contributed by atoms with van der Waals surface area (Å²) in [6.45, 7) is 0. The first-order valence-electron chi connectivity index (χ1n) is 10.2. The molecule has 0 saturated heterocycles. The lowest BCUT2D eigenvalue weighted by atomic mass is 9.59. The Morgan fingerprint density at radius 2 is 1.07 bits per heavy atom. The van der Waals surface area contributed by atoms with Crippen LogP contribution >= 0.6 is 15.9 Å². The zero-order valence-electron chi connectivity index (χ0n) is 16.3. The molecule has 0 aromatic heterocycles. The van der Waals surface area contributed by atoms with Crippen LogP contribution in [-0.2, 0) is 5.41 Å². The summed E-state index contributed by atoms with van der Waals surface area (Å²) in [5, 5.41) is 2.59. The topological polar surface area (TPSA) is 0 Å². The first-order valence-corrected chi connectivity index (χ1v) is 11.0. The highest BCUT2D eigenvalue weighted by molar-refractivity contribution is 9.10. The number of halogens is 1. The lowest BCUT2D eigenvalue weighted by molar-refractivity contribution is 0.750. The van der Waals surface area contributed by atoms with Gasteiger partial charge in [-0.2, -0.15) is 0 Å². The van der Waals surface area contributed by atoms with Gasteiger partial charge in [0.15, 0.2) is 0 Å². The van der Waals surface area contributed by atoms with Crippen molar-refractivity contribution >= 4 is 26.7 Å². The number of fused-ring (bicyclic) bond motifs is 2. The Balaban J connectivity index is 1.91. The molecule has 0 bridgehead atoms. The van der Waals surface area contributed by atoms with Gasteiger partial charge in [0, 0.05) is 4.47 Å². The van der Waals surface area contributed by atoms with Crippen LogP contribution in [0.2, 0.25) is 0 Å². The van der Waals surface area contributed by atoms with Gasteiger partial charge in [-0.25, -0.2) is 0 Å². The maximum atomic E-state index is 3.81. The van der Waals surface area contributed by atoms with Gasteiger partial charge >= 0.3 is 0 Å². The van der Waals surface area contributed by atoms with Crippen LogP contribution in [0, 0.1) is 0 Å². The van der Waals surface area contributed by atoms with Gasteiger partial charge in [-0.3, -0.25) is 0 Å². The average molecular weight is 447 g/mol. The molecule has 0 nitrogen and oxygen atoms in total. The van der Waals surface area contributed by atoms with Gasteiger partial charge in [0.05, 0.1) is 5.41 Å². The molecule has 1 aliphatic rings. The molecule has 6 rings (SSSR count). The van der Waals surface area contributed by atoms with E-state index in [4.69, 9.17) is 0 Å². The van der Waals surface area contributed by atoms with Gasteiger partial charge in [-0.05, 0) is 50.2 Å². The number of benzene rings is 5. The van der Waals surface area contributed by atoms with Crippen LogP contribution in [0.3, 0.4) is 0 Å². The summed E-state index contributed by atoms with van der Waals surface area (Å²) >= 11 is 3.81. The molecule has 0 unspecified atom stereocenters. The Bertz CT molecular complexity index is 1350. The smallest absolute Gasteiger partial charge is 0.0622 e. The largest absolute Gasteiger partial charge is 0.0713 e. The molecule has 142 valence electrons. The molecule has 0 N–H and O–H groups in total. The Kier molecular flexibility index (Phi) is 3.94. The molecule has 0 fully saturated rings. The minimum atomic E-state index is -0.369. The second kappa shape index (κ2) is 6.68. The maximum absolute atomic E-state index is 3.81. The summed E-state index contributed by atoms with van der Waals surface area (Å²) in [5.41, 5.74) is 7.51. The van der Waals surface area contributed by atoms with Crippen molar-refractivity contribution in [1.29, 1.82) is 0 Å². The van der Waals surface area contributed by atoms with Crippen LogP contribution in [-0.4, -0.2) is 0 Å². The van der Waals surface area contributed by atoms with Crippen LogP contribution in [0.5, 0.6) is 0 Å². The van der Waals surface area contributed by atoms with Gasteiger partial charge in [0.2, 0.25) is 0 Å². The molecule has 0 amide bonds. The maximum Gasteiger partial charge on any atom is 0.0713 e. The summed E-state index contributed by atoms with van der Waals surface area (Å²) in [7, 11) is 0. The van der Waals surface area contributed by atoms with Gasteiger partial charge in [0.25, 0.3) is 0 Å². The van der Waals surface area contributed by atoms with E-state index in [0.717, 1.165) is 4.47 Å². The third-order valence-corrected chi connectivity index (χ3v) is 7.12. The number of hydrogen-bond acceptors (Lipinski definition) is 0. The minimum Gasteiger partial charge on any atom is -0.0622 e. The van der Waals surface area contributed by atoms with Crippen molar-refractivity contribution in [3.8, 4) is 11.1 Å². The van der Waals surface area contributed by atoms with E-state index in [2.05, 4.69) is 131 Å². The van der Waals surface area contributed by atoms with Crippen molar-refractivity contribution in [1.82, 2.24) is 0 Å². The van der Waals surface area contributed by atoms with Gasteiger partial charge in [0.1, 0.15) is 0 Å². The zero-order valence-corrected chi connectivity index (χ0v) is 17.9. The van der Waals surface area contributed by atoms with E-state index in [9.17, 15) is 0 Å². The summed E-state index contributed by atoms with van der Waals surface area (Å²) in [6.07, 6.45) is 0. The van der Waals surface area contributed by atoms with E-state index in [0.29, 0.717) is 0 Å².